The second kappa shape index (κ2) is 4.54. The van der Waals surface area contributed by atoms with Gasteiger partial charge in [0.2, 0.25) is 5.89 Å². The molecule has 2 rings (SSSR count). The minimum Gasteiger partial charge on any atom is -0.406 e. The molecular weight excluding hydrogens is 220 g/mol. The van der Waals surface area contributed by atoms with E-state index in [1.54, 1.807) is 4.68 Å². The van der Waals surface area contributed by atoms with E-state index in [2.05, 4.69) is 25.9 Å². The van der Waals surface area contributed by atoms with Crippen LogP contribution in [0.4, 0.5) is 11.7 Å². The van der Waals surface area contributed by atoms with Crippen molar-refractivity contribution in [2.24, 2.45) is 7.05 Å². The summed E-state index contributed by atoms with van der Waals surface area (Å²) in [6.07, 6.45) is 1.86. The second-order valence-electron chi connectivity index (χ2n) is 3.88. The Labute approximate surface area is 99.2 Å². The average Bonchev–Trinajstić information content (AvgIpc) is 2.86. The van der Waals surface area contributed by atoms with Crippen molar-refractivity contribution in [3.8, 4) is 0 Å². The quantitative estimate of drug-likeness (QED) is 0.828. The second-order valence-corrected chi connectivity index (χ2v) is 3.88. The summed E-state index contributed by atoms with van der Waals surface area (Å²) in [5, 5.41) is 18.2. The van der Waals surface area contributed by atoms with E-state index in [0.29, 0.717) is 11.9 Å². The van der Waals surface area contributed by atoms with Gasteiger partial charge in [0.15, 0.2) is 0 Å². The Kier molecular flexibility index (Phi) is 3.10. The van der Waals surface area contributed by atoms with Crippen LogP contribution in [0.2, 0.25) is 0 Å². The summed E-state index contributed by atoms with van der Waals surface area (Å²) in [7, 11) is 3.70. The standard InChI is InChI=1S/C10H16N6O/c1-6-8(5-16(4)15-6)12-10-14-13-9(17-10)7(2)11-3/h5,7,11H,1-4H3,(H,12,14). The van der Waals surface area contributed by atoms with Crippen molar-refractivity contribution in [1.82, 2.24) is 25.3 Å². The van der Waals surface area contributed by atoms with Crippen LogP contribution in [0.25, 0.3) is 0 Å². The molecule has 0 bridgehead atoms. The molecule has 92 valence electrons. The molecule has 17 heavy (non-hydrogen) atoms. The summed E-state index contributed by atoms with van der Waals surface area (Å²) in [4.78, 5) is 0. The number of anilines is 2. The Morgan fingerprint density at radius 1 is 1.41 bits per heavy atom. The van der Waals surface area contributed by atoms with Crippen molar-refractivity contribution in [2.75, 3.05) is 12.4 Å². The van der Waals surface area contributed by atoms with Crippen LogP contribution in [-0.2, 0) is 7.05 Å². The molecule has 2 aromatic rings. The summed E-state index contributed by atoms with van der Waals surface area (Å²) < 4.78 is 7.20. The molecule has 0 fully saturated rings. The van der Waals surface area contributed by atoms with Crippen LogP contribution in [0, 0.1) is 6.92 Å². The van der Waals surface area contributed by atoms with E-state index in [-0.39, 0.29) is 6.04 Å². The molecule has 0 radical (unpaired) electrons. The summed E-state index contributed by atoms with van der Waals surface area (Å²) in [5.41, 5.74) is 1.74. The van der Waals surface area contributed by atoms with Crippen LogP contribution in [-0.4, -0.2) is 27.0 Å². The van der Waals surface area contributed by atoms with Gasteiger partial charge in [-0.05, 0) is 20.9 Å². The van der Waals surface area contributed by atoms with Crippen LogP contribution in [0.15, 0.2) is 10.6 Å². The predicted molar refractivity (Wildman–Crippen MR) is 63.0 cm³/mol. The smallest absolute Gasteiger partial charge is 0.320 e. The van der Waals surface area contributed by atoms with Gasteiger partial charge >= 0.3 is 6.01 Å². The maximum atomic E-state index is 5.47. The van der Waals surface area contributed by atoms with E-state index < -0.39 is 0 Å². The van der Waals surface area contributed by atoms with Crippen LogP contribution in [0.1, 0.15) is 24.6 Å². The first-order valence-electron chi connectivity index (χ1n) is 5.38. The van der Waals surface area contributed by atoms with Gasteiger partial charge in [-0.15, -0.1) is 5.10 Å². The molecule has 0 spiro atoms. The van der Waals surface area contributed by atoms with Gasteiger partial charge in [0.25, 0.3) is 0 Å². The maximum absolute atomic E-state index is 5.47. The summed E-state index contributed by atoms with van der Waals surface area (Å²) in [5.74, 6) is 0.552. The van der Waals surface area contributed by atoms with Crippen molar-refractivity contribution in [3.63, 3.8) is 0 Å². The number of hydrogen-bond donors (Lipinski definition) is 2. The normalized spacial score (nSPS) is 12.7. The third kappa shape index (κ3) is 2.44. The Hall–Kier alpha value is -1.89. The van der Waals surface area contributed by atoms with Crippen molar-refractivity contribution < 1.29 is 4.42 Å². The van der Waals surface area contributed by atoms with Crippen LogP contribution in [0.3, 0.4) is 0 Å². The van der Waals surface area contributed by atoms with Gasteiger partial charge in [-0.3, -0.25) is 4.68 Å². The van der Waals surface area contributed by atoms with E-state index in [1.165, 1.54) is 0 Å². The topological polar surface area (TPSA) is 80.8 Å². The lowest BCUT2D eigenvalue weighted by Gasteiger charge is -2.02. The Bertz CT molecular complexity index is 503. The predicted octanol–water partition coefficient (Wildman–Crippen LogP) is 1.14. The van der Waals surface area contributed by atoms with Gasteiger partial charge in [0.05, 0.1) is 17.4 Å². The number of aryl methyl sites for hydroxylation is 2. The van der Waals surface area contributed by atoms with Gasteiger partial charge in [0, 0.05) is 13.2 Å². The van der Waals surface area contributed by atoms with Crippen molar-refractivity contribution in [3.05, 3.63) is 17.8 Å². The Morgan fingerprint density at radius 2 is 2.18 bits per heavy atom. The molecule has 2 heterocycles. The third-order valence-corrected chi connectivity index (χ3v) is 2.50. The zero-order chi connectivity index (χ0) is 12.4. The molecule has 0 saturated carbocycles. The molecular formula is C10H16N6O. The van der Waals surface area contributed by atoms with Crippen molar-refractivity contribution >= 4 is 11.7 Å². The lowest BCUT2D eigenvalue weighted by Crippen LogP contribution is -2.12. The number of hydrogen-bond acceptors (Lipinski definition) is 6. The first-order valence-corrected chi connectivity index (χ1v) is 5.38. The zero-order valence-corrected chi connectivity index (χ0v) is 10.4. The number of nitrogens with one attached hydrogen (secondary N) is 2. The third-order valence-electron chi connectivity index (χ3n) is 2.50. The molecule has 0 aromatic carbocycles. The van der Waals surface area contributed by atoms with Gasteiger partial charge in [-0.2, -0.15) is 5.10 Å². The summed E-state index contributed by atoms with van der Waals surface area (Å²) in [6, 6.07) is 0.409. The lowest BCUT2D eigenvalue weighted by molar-refractivity contribution is 0.443. The molecule has 0 aliphatic carbocycles. The van der Waals surface area contributed by atoms with Gasteiger partial charge in [0.1, 0.15) is 0 Å². The molecule has 7 heteroatoms. The highest BCUT2D eigenvalue weighted by Gasteiger charge is 2.13. The molecule has 0 aliphatic rings. The molecule has 2 aromatic heterocycles. The van der Waals surface area contributed by atoms with Crippen LogP contribution in [0.5, 0.6) is 0 Å². The molecule has 0 amide bonds. The van der Waals surface area contributed by atoms with E-state index in [1.807, 2.05) is 34.1 Å². The fraction of sp³-hybridized carbons (Fsp3) is 0.500. The summed E-state index contributed by atoms with van der Waals surface area (Å²) in [6.45, 7) is 3.86. The minimum absolute atomic E-state index is 0.0352. The molecule has 0 saturated heterocycles. The fourth-order valence-corrected chi connectivity index (χ4v) is 1.42. The Balaban J connectivity index is 2.14. The molecule has 0 aliphatic heterocycles. The first-order chi connectivity index (χ1) is 8.10. The fourth-order valence-electron chi connectivity index (χ4n) is 1.42. The van der Waals surface area contributed by atoms with Crippen LogP contribution >= 0.6 is 0 Å². The molecule has 1 atom stereocenters. The highest BCUT2D eigenvalue weighted by Crippen LogP contribution is 2.19. The van der Waals surface area contributed by atoms with Crippen molar-refractivity contribution in [2.45, 2.75) is 19.9 Å². The van der Waals surface area contributed by atoms with E-state index >= 15 is 0 Å². The maximum Gasteiger partial charge on any atom is 0.320 e. The highest BCUT2D eigenvalue weighted by atomic mass is 16.4. The highest BCUT2D eigenvalue weighted by molar-refractivity contribution is 5.53. The summed E-state index contributed by atoms with van der Waals surface area (Å²) >= 11 is 0. The van der Waals surface area contributed by atoms with E-state index in [0.717, 1.165) is 11.4 Å². The van der Waals surface area contributed by atoms with Gasteiger partial charge in [-0.25, -0.2) is 0 Å². The van der Waals surface area contributed by atoms with E-state index in [4.69, 9.17) is 4.42 Å². The van der Waals surface area contributed by atoms with Gasteiger partial charge in [-0.1, -0.05) is 5.10 Å². The van der Waals surface area contributed by atoms with Gasteiger partial charge < -0.3 is 15.1 Å². The van der Waals surface area contributed by atoms with E-state index in [9.17, 15) is 0 Å². The largest absolute Gasteiger partial charge is 0.406 e. The number of aromatic nitrogens is 4. The number of rotatable bonds is 4. The SMILES string of the molecule is CNC(C)c1nnc(Nc2cn(C)nc2C)o1. The zero-order valence-electron chi connectivity index (χ0n) is 10.4. The Morgan fingerprint density at radius 3 is 2.76 bits per heavy atom. The first kappa shape index (κ1) is 11.6. The lowest BCUT2D eigenvalue weighted by atomic mass is 10.3. The van der Waals surface area contributed by atoms with Crippen LogP contribution < -0.4 is 10.6 Å². The monoisotopic (exact) mass is 236 g/mol. The van der Waals surface area contributed by atoms with Crippen molar-refractivity contribution in [1.29, 1.82) is 0 Å². The average molecular weight is 236 g/mol. The number of nitrogens with zero attached hydrogens (tertiary/aromatic N) is 4. The molecule has 2 N–H and O–H groups in total. The minimum atomic E-state index is 0.0352. The molecule has 7 nitrogen and oxygen atoms in total. The molecule has 1 unspecified atom stereocenters.